The monoisotopic (exact) mass is 1080 g/mol. The largest absolute Gasteiger partial charge is 0.456 e. The molecular formula is C76H66BN3O3. The van der Waals surface area contributed by atoms with Crippen LogP contribution in [0.25, 0.3) is 104 Å². The Morgan fingerprint density at radius 1 is 0.386 bits per heavy atom. The van der Waals surface area contributed by atoms with Crippen molar-refractivity contribution in [3.63, 3.8) is 0 Å². The Morgan fingerprint density at radius 3 is 1.53 bits per heavy atom. The minimum atomic E-state index is -0.305. The van der Waals surface area contributed by atoms with E-state index in [1.807, 2.05) is 0 Å². The number of aromatic nitrogens is 1. The third-order valence-electron chi connectivity index (χ3n) is 18.4. The Bertz CT molecular complexity index is 5000. The van der Waals surface area contributed by atoms with E-state index in [4.69, 9.17) is 13.3 Å². The first-order valence-corrected chi connectivity index (χ1v) is 29.5. The van der Waals surface area contributed by atoms with E-state index in [2.05, 4.69) is 279 Å². The minimum Gasteiger partial charge on any atom is -0.456 e. The second-order valence-electron chi connectivity index (χ2n) is 27.8. The number of nitrogens with zero attached hydrogens (tertiary/aromatic N) is 3. The van der Waals surface area contributed by atoms with Crippen molar-refractivity contribution in [2.75, 3.05) is 9.71 Å². The summed E-state index contributed by atoms with van der Waals surface area (Å²) in [4.78, 5) is 4.98. The molecule has 4 aromatic heterocycles. The van der Waals surface area contributed by atoms with Crippen molar-refractivity contribution in [1.29, 1.82) is 0 Å². The molecule has 0 saturated carbocycles. The average molecular weight is 1080 g/mol. The number of benzene rings is 10. The Balaban J connectivity index is 1.03. The first-order chi connectivity index (χ1) is 39.7. The van der Waals surface area contributed by atoms with Crippen LogP contribution in [0.5, 0.6) is 0 Å². The maximum Gasteiger partial charge on any atom is 0.333 e. The molecule has 0 spiro atoms. The van der Waals surface area contributed by atoms with Gasteiger partial charge in [0.15, 0.2) is 0 Å². The normalized spacial score (nSPS) is 13.7. The molecule has 10 aromatic carbocycles. The summed E-state index contributed by atoms with van der Waals surface area (Å²) in [5, 5.41) is 8.98. The van der Waals surface area contributed by atoms with Gasteiger partial charge < -0.3 is 27.5 Å². The van der Waals surface area contributed by atoms with Gasteiger partial charge in [-0.25, -0.2) is 0 Å². The Labute approximate surface area is 484 Å². The minimum absolute atomic E-state index is 0.0185. The molecule has 0 bridgehead atoms. The van der Waals surface area contributed by atoms with E-state index in [-0.39, 0.29) is 28.5 Å². The van der Waals surface area contributed by atoms with Crippen LogP contribution in [0.4, 0.5) is 28.4 Å². The molecule has 0 radical (unpaired) electrons. The molecule has 406 valence electrons. The highest BCUT2D eigenvalue weighted by Gasteiger charge is 2.47. The highest BCUT2D eigenvalue weighted by molar-refractivity contribution is 6.94. The molecule has 7 heteroatoms. The quantitative estimate of drug-likeness (QED) is 0.164. The first kappa shape index (κ1) is 49.8. The van der Waals surface area contributed by atoms with Crippen LogP contribution in [0.15, 0.2) is 195 Å². The summed E-state index contributed by atoms with van der Waals surface area (Å²) in [5.74, 6) is 0. The molecule has 0 atom stereocenters. The molecule has 0 fully saturated rings. The number of fused-ring (bicyclic) bond motifs is 19. The summed E-state index contributed by atoms with van der Waals surface area (Å²) < 4.78 is 24.0. The predicted octanol–water partition coefficient (Wildman–Crippen LogP) is 20.4. The molecule has 14 aromatic rings. The molecule has 0 N–H and O–H groups in total. The number of anilines is 5. The zero-order valence-electron chi connectivity index (χ0n) is 49.5. The van der Waals surface area contributed by atoms with Crippen LogP contribution in [-0.4, -0.2) is 11.4 Å². The molecule has 0 aliphatic carbocycles. The highest BCUT2D eigenvalue weighted by atomic mass is 16.3. The lowest BCUT2D eigenvalue weighted by Gasteiger charge is -2.42. The van der Waals surface area contributed by atoms with Gasteiger partial charge in [-0.1, -0.05) is 162 Å². The number of furan rings is 3. The maximum atomic E-state index is 7.45. The van der Waals surface area contributed by atoms with Gasteiger partial charge in [0.05, 0.1) is 11.0 Å². The fourth-order valence-corrected chi connectivity index (χ4v) is 13.9. The fourth-order valence-electron chi connectivity index (χ4n) is 13.9. The van der Waals surface area contributed by atoms with E-state index in [1.165, 1.54) is 49.5 Å². The second kappa shape index (κ2) is 16.8. The highest BCUT2D eigenvalue weighted by Crippen LogP contribution is 2.54. The fraction of sp³-hybridized carbons (Fsp3) is 0.211. The molecular weight excluding hydrogens is 1010 g/mol. The molecule has 6 heterocycles. The van der Waals surface area contributed by atoms with Crippen LogP contribution >= 0.6 is 0 Å². The molecule has 6 nitrogen and oxygen atoms in total. The van der Waals surface area contributed by atoms with Gasteiger partial charge in [-0.3, -0.25) is 0 Å². The molecule has 0 saturated heterocycles. The van der Waals surface area contributed by atoms with Gasteiger partial charge in [-0.2, -0.15) is 0 Å². The van der Waals surface area contributed by atoms with E-state index >= 15 is 0 Å². The summed E-state index contributed by atoms with van der Waals surface area (Å²) in [6.07, 6.45) is 0. The van der Waals surface area contributed by atoms with Gasteiger partial charge in [0.1, 0.15) is 33.5 Å². The third kappa shape index (κ3) is 7.28. The molecule has 0 unspecified atom stereocenters. The Hall–Kier alpha value is -8.94. The van der Waals surface area contributed by atoms with Crippen LogP contribution in [0.1, 0.15) is 105 Å². The van der Waals surface area contributed by atoms with Crippen LogP contribution in [0.2, 0.25) is 0 Å². The van der Waals surface area contributed by atoms with Crippen molar-refractivity contribution in [2.45, 2.75) is 105 Å². The molecule has 2 aliphatic rings. The van der Waals surface area contributed by atoms with E-state index in [1.54, 1.807) is 0 Å². The molecule has 83 heavy (non-hydrogen) atoms. The summed E-state index contributed by atoms with van der Waals surface area (Å²) in [6, 6.07) is 68.0. The van der Waals surface area contributed by atoms with E-state index in [0.717, 1.165) is 117 Å². The SMILES string of the molecule is CC(C)(C)c1ccc(N2B3c4cc5oc6ccccc6c5cc4-n4c5ccc(C(C)(C)C)cc5c5c6c(oc7ccccc76)c(c3c54)-c3cc4c(cc32)oc2ccc(N(c3ccc(C(C)(C)C)cc3)c3ccc(C(C)(C)C)cc3)cc24)cc1. The van der Waals surface area contributed by atoms with Crippen LogP contribution in [-0.2, 0) is 21.7 Å². The first-order valence-electron chi connectivity index (χ1n) is 29.5. The van der Waals surface area contributed by atoms with Crippen LogP contribution in [0.3, 0.4) is 0 Å². The summed E-state index contributed by atoms with van der Waals surface area (Å²) in [7, 11) is 0. The smallest absolute Gasteiger partial charge is 0.333 e. The lowest BCUT2D eigenvalue weighted by Crippen LogP contribution is -2.60. The van der Waals surface area contributed by atoms with Crippen molar-refractivity contribution in [3.05, 3.63) is 204 Å². The van der Waals surface area contributed by atoms with E-state index in [0.29, 0.717) is 0 Å². The summed E-state index contributed by atoms with van der Waals surface area (Å²) in [6.45, 7) is 27.2. The third-order valence-corrected chi connectivity index (χ3v) is 18.4. The van der Waals surface area contributed by atoms with Gasteiger partial charge >= 0.3 is 6.85 Å². The van der Waals surface area contributed by atoms with Gasteiger partial charge in [-0.05, 0) is 152 Å². The molecule has 16 rings (SSSR count). The Morgan fingerprint density at radius 2 is 0.904 bits per heavy atom. The van der Waals surface area contributed by atoms with Gasteiger partial charge in [0.25, 0.3) is 0 Å². The van der Waals surface area contributed by atoms with E-state index < -0.39 is 0 Å². The average Bonchev–Trinajstić information content (AvgIpc) is 1.62. The van der Waals surface area contributed by atoms with Crippen molar-refractivity contribution in [3.8, 4) is 16.8 Å². The summed E-state index contributed by atoms with van der Waals surface area (Å²) in [5.41, 5.74) is 23.7. The maximum absolute atomic E-state index is 7.45. The van der Waals surface area contributed by atoms with E-state index in [9.17, 15) is 0 Å². The molecule has 0 amide bonds. The number of hydrogen-bond acceptors (Lipinski definition) is 5. The van der Waals surface area contributed by atoms with Crippen LogP contribution in [0, 0.1) is 0 Å². The predicted molar refractivity (Wildman–Crippen MR) is 351 cm³/mol. The number of para-hydroxylation sites is 2. The van der Waals surface area contributed by atoms with Crippen LogP contribution < -0.4 is 20.6 Å². The standard InChI is InChI=1S/C76H66BN3O3/c1-73(2,3)43-21-28-47(29-22-43)78(48-30-23-44(24-31-48)74(4,5)6)50-34-36-64-53(38-50)54-39-57-60(42-66(54)82-64)80(49-32-25-45(26-33-49)75(7,8)9)77-58-41-65-55(51-17-13-15-19-62(51)81-65)40-61(58)79-59-35-27-46(76(10,11)12)37-56(59)67-68-52-18-14-16-20-63(52)83-72(68)69(57)70(77)71(67)79/h13-42H,1-12H3. The van der Waals surface area contributed by atoms with Crippen molar-refractivity contribution in [2.24, 2.45) is 0 Å². The number of hydrogen-bond donors (Lipinski definition) is 0. The Kier molecular flexibility index (Phi) is 10.1. The summed E-state index contributed by atoms with van der Waals surface area (Å²) >= 11 is 0. The number of rotatable bonds is 4. The lowest BCUT2D eigenvalue weighted by atomic mass is 9.43. The van der Waals surface area contributed by atoms with Gasteiger partial charge in [0.2, 0.25) is 0 Å². The van der Waals surface area contributed by atoms with Gasteiger partial charge in [-0.15, -0.1) is 0 Å². The molecule has 2 aliphatic heterocycles. The van der Waals surface area contributed by atoms with Gasteiger partial charge in [0, 0.05) is 94.4 Å². The van der Waals surface area contributed by atoms with Crippen molar-refractivity contribution < 1.29 is 13.3 Å². The lowest BCUT2D eigenvalue weighted by molar-refractivity contribution is 0.590. The zero-order chi connectivity index (χ0) is 57.0. The second-order valence-corrected chi connectivity index (χ2v) is 27.8. The van der Waals surface area contributed by atoms with Crippen molar-refractivity contribution >= 4 is 134 Å². The topological polar surface area (TPSA) is 50.8 Å². The zero-order valence-corrected chi connectivity index (χ0v) is 49.5. The van der Waals surface area contributed by atoms with Crippen molar-refractivity contribution in [1.82, 2.24) is 4.57 Å².